The second-order valence-corrected chi connectivity index (χ2v) is 5.80. The van der Waals surface area contributed by atoms with Crippen LogP contribution < -0.4 is 10.6 Å². The van der Waals surface area contributed by atoms with Crippen molar-refractivity contribution in [1.29, 1.82) is 0 Å². The number of hydrogen-bond acceptors (Lipinski definition) is 5. The molecule has 1 unspecified atom stereocenters. The minimum atomic E-state index is -0.371. The SMILES string of the molecule is COC(=O)c1cccc(N)c1N1CC(C)OC(C)(C)C1. The van der Waals surface area contributed by atoms with Crippen molar-refractivity contribution < 1.29 is 14.3 Å². The number of morpholine rings is 1. The Balaban J connectivity index is 2.43. The van der Waals surface area contributed by atoms with Gasteiger partial charge in [0.2, 0.25) is 0 Å². The summed E-state index contributed by atoms with van der Waals surface area (Å²) in [5, 5.41) is 0. The molecule has 1 saturated heterocycles. The molecular weight excluding hydrogens is 256 g/mol. The van der Waals surface area contributed by atoms with E-state index in [0.29, 0.717) is 24.3 Å². The van der Waals surface area contributed by atoms with E-state index in [1.807, 2.05) is 20.8 Å². The summed E-state index contributed by atoms with van der Waals surface area (Å²) in [4.78, 5) is 14.0. The van der Waals surface area contributed by atoms with Crippen molar-refractivity contribution in [2.45, 2.75) is 32.5 Å². The number of anilines is 2. The van der Waals surface area contributed by atoms with Crippen LogP contribution in [0.2, 0.25) is 0 Å². The lowest BCUT2D eigenvalue weighted by molar-refractivity contribution is -0.0749. The van der Waals surface area contributed by atoms with Crippen molar-refractivity contribution in [3.05, 3.63) is 23.8 Å². The molecule has 0 radical (unpaired) electrons. The van der Waals surface area contributed by atoms with Crippen molar-refractivity contribution in [2.75, 3.05) is 30.8 Å². The Morgan fingerprint density at radius 2 is 2.20 bits per heavy atom. The quantitative estimate of drug-likeness (QED) is 0.662. The van der Waals surface area contributed by atoms with Gasteiger partial charge in [-0.05, 0) is 32.9 Å². The Hall–Kier alpha value is -1.75. The molecule has 1 aliphatic rings. The highest BCUT2D eigenvalue weighted by Crippen LogP contribution is 2.33. The summed E-state index contributed by atoms with van der Waals surface area (Å²) in [6.07, 6.45) is 0.0730. The number of nitrogens with two attached hydrogens (primary N) is 1. The number of benzene rings is 1. The van der Waals surface area contributed by atoms with Gasteiger partial charge in [-0.3, -0.25) is 0 Å². The van der Waals surface area contributed by atoms with Crippen LogP contribution in [0.5, 0.6) is 0 Å². The number of rotatable bonds is 2. The van der Waals surface area contributed by atoms with Crippen LogP contribution in [0.3, 0.4) is 0 Å². The van der Waals surface area contributed by atoms with E-state index in [4.69, 9.17) is 15.2 Å². The second kappa shape index (κ2) is 5.32. The highest BCUT2D eigenvalue weighted by Gasteiger charge is 2.33. The summed E-state index contributed by atoms with van der Waals surface area (Å²) in [6, 6.07) is 5.31. The first-order chi connectivity index (χ1) is 9.34. The number of nitrogens with zero attached hydrogens (tertiary/aromatic N) is 1. The van der Waals surface area contributed by atoms with Gasteiger partial charge in [-0.1, -0.05) is 6.07 Å². The van der Waals surface area contributed by atoms with E-state index in [0.717, 1.165) is 5.69 Å². The molecule has 1 fully saturated rings. The van der Waals surface area contributed by atoms with Crippen LogP contribution in [0.15, 0.2) is 18.2 Å². The van der Waals surface area contributed by atoms with Crippen LogP contribution in [0.4, 0.5) is 11.4 Å². The predicted molar refractivity (Wildman–Crippen MR) is 79.0 cm³/mol. The minimum absolute atomic E-state index is 0.0730. The summed E-state index contributed by atoms with van der Waals surface area (Å²) in [5.41, 5.74) is 7.62. The van der Waals surface area contributed by atoms with Crippen LogP contribution in [-0.2, 0) is 9.47 Å². The summed E-state index contributed by atoms with van der Waals surface area (Å²) in [5.74, 6) is -0.371. The average Bonchev–Trinajstić information content (AvgIpc) is 2.34. The average molecular weight is 278 g/mol. The summed E-state index contributed by atoms with van der Waals surface area (Å²) in [7, 11) is 1.38. The molecule has 1 heterocycles. The Morgan fingerprint density at radius 1 is 1.50 bits per heavy atom. The molecule has 0 amide bonds. The maximum atomic E-state index is 11.9. The predicted octanol–water partition coefficient (Wildman–Crippen LogP) is 2.06. The monoisotopic (exact) mass is 278 g/mol. The van der Waals surface area contributed by atoms with Crippen molar-refractivity contribution in [3.8, 4) is 0 Å². The molecule has 1 aromatic rings. The number of esters is 1. The minimum Gasteiger partial charge on any atom is -0.465 e. The van der Waals surface area contributed by atoms with E-state index in [1.165, 1.54) is 7.11 Å². The molecule has 1 atom stereocenters. The van der Waals surface area contributed by atoms with Gasteiger partial charge in [-0.15, -0.1) is 0 Å². The summed E-state index contributed by atoms with van der Waals surface area (Å²) in [6.45, 7) is 7.46. The maximum absolute atomic E-state index is 11.9. The number of nitrogen functional groups attached to an aromatic ring is 1. The van der Waals surface area contributed by atoms with Gasteiger partial charge in [0.05, 0.1) is 35.8 Å². The topological polar surface area (TPSA) is 64.8 Å². The van der Waals surface area contributed by atoms with E-state index in [1.54, 1.807) is 18.2 Å². The fourth-order valence-electron chi connectivity index (χ4n) is 2.81. The number of ether oxygens (including phenoxy) is 2. The highest BCUT2D eigenvalue weighted by molar-refractivity contribution is 5.99. The van der Waals surface area contributed by atoms with Gasteiger partial charge in [0.1, 0.15) is 0 Å². The van der Waals surface area contributed by atoms with Crippen LogP contribution in [-0.4, -0.2) is 37.9 Å². The lowest BCUT2D eigenvalue weighted by Gasteiger charge is -2.43. The molecule has 5 heteroatoms. The molecule has 1 aromatic carbocycles. The van der Waals surface area contributed by atoms with Crippen LogP contribution in [0.1, 0.15) is 31.1 Å². The second-order valence-electron chi connectivity index (χ2n) is 5.80. The van der Waals surface area contributed by atoms with Crippen molar-refractivity contribution in [3.63, 3.8) is 0 Å². The van der Waals surface area contributed by atoms with Gasteiger partial charge in [0, 0.05) is 13.1 Å². The normalized spacial score (nSPS) is 21.6. The van der Waals surface area contributed by atoms with Crippen LogP contribution in [0.25, 0.3) is 0 Å². The molecule has 2 rings (SSSR count). The Morgan fingerprint density at radius 3 is 2.80 bits per heavy atom. The zero-order chi connectivity index (χ0) is 14.9. The zero-order valence-electron chi connectivity index (χ0n) is 12.5. The van der Waals surface area contributed by atoms with Crippen molar-refractivity contribution >= 4 is 17.3 Å². The molecule has 0 aromatic heterocycles. The first kappa shape index (κ1) is 14.7. The lowest BCUT2D eigenvalue weighted by Crippen LogP contribution is -2.52. The molecule has 110 valence electrons. The third-order valence-electron chi connectivity index (χ3n) is 3.36. The number of hydrogen-bond donors (Lipinski definition) is 1. The number of carbonyl (C=O) groups excluding carboxylic acids is 1. The molecule has 0 saturated carbocycles. The molecule has 0 bridgehead atoms. The largest absolute Gasteiger partial charge is 0.465 e. The van der Waals surface area contributed by atoms with E-state index < -0.39 is 0 Å². The highest BCUT2D eigenvalue weighted by atomic mass is 16.5. The third kappa shape index (κ3) is 2.88. The van der Waals surface area contributed by atoms with Crippen LogP contribution >= 0.6 is 0 Å². The molecular formula is C15H22N2O3. The first-order valence-electron chi connectivity index (χ1n) is 6.73. The van der Waals surface area contributed by atoms with Gasteiger partial charge in [0.15, 0.2) is 0 Å². The standard InChI is InChI=1S/C15H22N2O3/c1-10-8-17(9-15(2,3)20-10)13-11(14(18)19-4)6-5-7-12(13)16/h5-7,10H,8-9,16H2,1-4H3. The maximum Gasteiger partial charge on any atom is 0.340 e. The molecule has 0 spiro atoms. The van der Waals surface area contributed by atoms with Crippen LogP contribution in [0, 0.1) is 0 Å². The Bertz CT molecular complexity index is 514. The van der Waals surface area contributed by atoms with E-state index in [2.05, 4.69) is 4.90 Å². The van der Waals surface area contributed by atoms with E-state index >= 15 is 0 Å². The van der Waals surface area contributed by atoms with Crippen molar-refractivity contribution in [2.24, 2.45) is 0 Å². The lowest BCUT2D eigenvalue weighted by atomic mass is 10.0. The van der Waals surface area contributed by atoms with Gasteiger partial charge >= 0.3 is 5.97 Å². The smallest absolute Gasteiger partial charge is 0.340 e. The Kier molecular flexibility index (Phi) is 3.90. The first-order valence-corrected chi connectivity index (χ1v) is 6.73. The fraction of sp³-hybridized carbons (Fsp3) is 0.533. The summed E-state index contributed by atoms with van der Waals surface area (Å²) >= 11 is 0. The third-order valence-corrected chi connectivity index (χ3v) is 3.36. The van der Waals surface area contributed by atoms with Gasteiger partial charge in [-0.2, -0.15) is 0 Å². The number of carbonyl (C=O) groups is 1. The molecule has 5 nitrogen and oxygen atoms in total. The summed E-state index contributed by atoms with van der Waals surface area (Å²) < 4.78 is 10.7. The van der Waals surface area contributed by atoms with Gasteiger partial charge in [-0.25, -0.2) is 4.79 Å². The number of para-hydroxylation sites is 1. The fourth-order valence-corrected chi connectivity index (χ4v) is 2.81. The van der Waals surface area contributed by atoms with E-state index in [9.17, 15) is 4.79 Å². The molecule has 1 aliphatic heterocycles. The van der Waals surface area contributed by atoms with Gasteiger partial charge in [0.25, 0.3) is 0 Å². The molecule has 20 heavy (non-hydrogen) atoms. The van der Waals surface area contributed by atoms with E-state index in [-0.39, 0.29) is 17.7 Å². The van der Waals surface area contributed by atoms with Gasteiger partial charge < -0.3 is 20.1 Å². The molecule has 2 N–H and O–H groups in total. The number of methoxy groups -OCH3 is 1. The zero-order valence-corrected chi connectivity index (χ0v) is 12.5. The Labute approximate surface area is 119 Å². The van der Waals surface area contributed by atoms with Crippen molar-refractivity contribution in [1.82, 2.24) is 0 Å². The molecule has 0 aliphatic carbocycles.